The normalized spacial score (nSPS) is 16.1. The fraction of sp³-hybridized carbons (Fsp3) is 0.500. The molecule has 98 valence electrons. The third-order valence-corrected chi connectivity index (χ3v) is 4.15. The summed E-state index contributed by atoms with van der Waals surface area (Å²) in [6.45, 7) is 1.55. The van der Waals surface area contributed by atoms with E-state index in [4.69, 9.17) is 11.6 Å². The minimum absolute atomic E-state index is 0.0205. The third kappa shape index (κ3) is 2.41. The molecule has 8 heteroatoms. The van der Waals surface area contributed by atoms with Gasteiger partial charge in [0.2, 0.25) is 5.91 Å². The topological polar surface area (TPSA) is 62.7 Å². The fourth-order valence-corrected chi connectivity index (χ4v) is 2.79. The van der Waals surface area contributed by atoms with E-state index < -0.39 is 5.97 Å². The van der Waals surface area contributed by atoms with Crippen molar-refractivity contribution < 1.29 is 14.3 Å². The number of ether oxygens (including phenoxy) is 1. The minimum Gasteiger partial charge on any atom is -0.465 e. The predicted octanol–water partition coefficient (Wildman–Crippen LogP) is 0.862. The van der Waals surface area contributed by atoms with E-state index in [0.717, 1.165) is 11.3 Å². The van der Waals surface area contributed by atoms with Crippen molar-refractivity contribution in [3.05, 3.63) is 10.0 Å². The summed E-state index contributed by atoms with van der Waals surface area (Å²) < 4.78 is 4.61. The number of hydrogen-bond donors (Lipinski definition) is 0. The lowest BCUT2D eigenvalue weighted by Crippen LogP contribution is -2.48. The number of esters is 1. The number of carbonyl (C=O) groups excluding carboxylic acids is 2. The second-order valence-corrected chi connectivity index (χ2v) is 5.18. The van der Waals surface area contributed by atoms with Gasteiger partial charge >= 0.3 is 5.97 Å². The Morgan fingerprint density at radius 3 is 2.83 bits per heavy atom. The number of piperazine rings is 1. The van der Waals surface area contributed by atoms with Crippen LogP contribution in [0.25, 0.3) is 0 Å². The summed E-state index contributed by atoms with van der Waals surface area (Å²) in [6, 6.07) is 0. The van der Waals surface area contributed by atoms with E-state index in [0.29, 0.717) is 18.2 Å². The lowest BCUT2D eigenvalue weighted by molar-refractivity contribution is -0.129. The summed E-state index contributed by atoms with van der Waals surface area (Å²) >= 11 is 7.02. The molecule has 0 radical (unpaired) electrons. The quantitative estimate of drug-likeness (QED) is 0.756. The molecule has 2 heterocycles. The molecule has 1 amide bonds. The van der Waals surface area contributed by atoms with Gasteiger partial charge in [-0.15, -0.1) is 0 Å². The summed E-state index contributed by atoms with van der Waals surface area (Å²) in [4.78, 5) is 30.8. The van der Waals surface area contributed by atoms with Crippen LogP contribution in [0.5, 0.6) is 0 Å². The van der Waals surface area contributed by atoms with Crippen molar-refractivity contribution >= 4 is 39.9 Å². The summed E-state index contributed by atoms with van der Waals surface area (Å²) in [5.74, 6) is -0.489. The van der Waals surface area contributed by atoms with Gasteiger partial charge in [0.15, 0.2) is 15.2 Å². The van der Waals surface area contributed by atoms with Crippen LogP contribution in [-0.2, 0) is 9.53 Å². The largest absolute Gasteiger partial charge is 0.465 e. The monoisotopic (exact) mass is 289 g/mol. The summed E-state index contributed by atoms with van der Waals surface area (Å²) in [6.07, 6.45) is 0. The summed E-state index contributed by atoms with van der Waals surface area (Å²) in [5, 5.41) is 0.690. The molecule has 0 N–H and O–H groups in total. The maximum absolute atomic E-state index is 11.6. The van der Waals surface area contributed by atoms with Crippen molar-refractivity contribution in [3.8, 4) is 0 Å². The van der Waals surface area contributed by atoms with E-state index in [1.54, 1.807) is 11.9 Å². The Kier molecular flexibility index (Phi) is 3.72. The van der Waals surface area contributed by atoms with Crippen molar-refractivity contribution in [2.75, 3.05) is 38.7 Å². The first-order valence-electron chi connectivity index (χ1n) is 5.26. The molecular formula is C10H12ClN3O3S. The molecule has 0 saturated carbocycles. The number of methoxy groups -OCH3 is 1. The van der Waals surface area contributed by atoms with Gasteiger partial charge in [0, 0.05) is 20.1 Å². The Morgan fingerprint density at radius 1 is 1.50 bits per heavy atom. The third-order valence-electron chi connectivity index (χ3n) is 2.67. The first-order chi connectivity index (χ1) is 8.52. The van der Waals surface area contributed by atoms with Gasteiger partial charge in [-0.1, -0.05) is 22.9 Å². The number of likely N-dealkylation sites (N-methyl/N-ethyl adjacent to an activating group) is 1. The molecular weight excluding hydrogens is 278 g/mol. The van der Waals surface area contributed by atoms with Gasteiger partial charge in [0.25, 0.3) is 0 Å². The molecule has 1 aromatic heterocycles. The number of anilines is 1. The summed E-state index contributed by atoms with van der Waals surface area (Å²) in [5.41, 5.74) is 0. The Labute approximate surface area is 113 Å². The zero-order valence-electron chi connectivity index (χ0n) is 9.97. The molecule has 18 heavy (non-hydrogen) atoms. The molecule has 1 saturated heterocycles. The highest BCUT2D eigenvalue weighted by Gasteiger charge is 2.26. The van der Waals surface area contributed by atoms with Crippen molar-refractivity contribution in [1.29, 1.82) is 0 Å². The zero-order valence-corrected chi connectivity index (χ0v) is 11.5. The molecule has 6 nitrogen and oxygen atoms in total. The van der Waals surface area contributed by atoms with Gasteiger partial charge in [-0.3, -0.25) is 4.79 Å². The molecule has 0 bridgehead atoms. The number of amides is 1. The fourth-order valence-electron chi connectivity index (χ4n) is 1.57. The highest BCUT2D eigenvalue weighted by Crippen LogP contribution is 2.30. The average Bonchev–Trinajstić information content (AvgIpc) is 2.74. The van der Waals surface area contributed by atoms with Crippen LogP contribution >= 0.6 is 22.9 Å². The van der Waals surface area contributed by atoms with Crippen molar-refractivity contribution in [2.45, 2.75) is 0 Å². The number of halogens is 1. The first-order valence-corrected chi connectivity index (χ1v) is 6.46. The summed E-state index contributed by atoms with van der Waals surface area (Å²) in [7, 11) is 3.05. The predicted molar refractivity (Wildman–Crippen MR) is 68.3 cm³/mol. The molecule has 0 atom stereocenters. The SMILES string of the molecule is COC(=O)c1sc(N2CCN(C)C(=O)C2)nc1Cl. The van der Waals surface area contributed by atoms with E-state index in [9.17, 15) is 9.59 Å². The Balaban J connectivity index is 2.19. The maximum Gasteiger partial charge on any atom is 0.351 e. The molecule has 0 aliphatic carbocycles. The van der Waals surface area contributed by atoms with Gasteiger partial charge < -0.3 is 14.5 Å². The van der Waals surface area contributed by atoms with E-state index in [1.807, 2.05) is 4.90 Å². The molecule has 1 aliphatic heterocycles. The Hall–Kier alpha value is -1.34. The minimum atomic E-state index is -0.510. The highest BCUT2D eigenvalue weighted by atomic mass is 35.5. The van der Waals surface area contributed by atoms with Crippen LogP contribution in [0.2, 0.25) is 5.15 Å². The van der Waals surface area contributed by atoms with Gasteiger partial charge in [-0.25, -0.2) is 9.78 Å². The van der Waals surface area contributed by atoms with Crippen LogP contribution in [0.15, 0.2) is 0 Å². The molecule has 0 spiro atoms. The average molecular weight is 290 g/mol. The number of rotatable bonds is 2. The van der Waals surface area contributed by atoms with E-state index >= 15 is 0 Å². The van der Waals surface area contributed by atoms with Crippen LogP contribution in [0, 0.1) is 0 Å². The van der Waals surface area contributed by atoms with Crippen molar-refractivity contribution in [3.63, 3.8) is 0 Å². The van der Waals surface area contributed by atoms with E-state index in [2.05, 4.69) is 9.72 Å². The van der Waals surface area contributed by atoms with Crippen molar-refractivity contribution in [1.82, 2.24) is 9.88 Å². The molecule has 0 unspecified atom stereocenters. The van der Waals surface area contributed by atoms with Gasteiger partial charge in [0.1, 0.15) is 0 Å². The van der Waals surface area contributed by atoms with E-state index in [1.165, 1.54) is 7.11 Å². The lowest BCUT2D eigenvalue weighted by atomic mass is 10.3. The number of nitrogens with zero attached hydrogens (tertiary/aromatic N) is 3. The second-order valence-electron chi connectivity index (χ2n) is 3.84. The van der Waals surface area contributed by atoms with Gasteiger partial charge in [-0.05, 0) is 0 Å². The zero-order chi connectivity index (χ0) is 13.3. The molecule has 1 aliphatic rings. The number of carbonyl (C=O) groups is 2. The Bertz CT molecular complexity index is 491. The number of aromatic nitrogens is 1. The molecule has 0 aromatic carbocycles. The smallest absolute Gasteiger partial charge is 0.351 e. The standard InChI is InChI=1S/C10H12ClN3O3S/c1-13-3-4-14(5-6(13)15)10-12-8(11)7(18-10)9(16)17-2/h3-5H2,1-2H3. The molecule has 2 rings (SSSR count). The number of hydrogen-bond acceptors (Lipinski definition) is 6. The highest BCUT2D eigenvalue weighted by molar-refractivity contribution is 7.18. The van der Waals surface area contributed by atoms with E-state index in [-0.39, 0.29) is 22.5 Å². The van der Waals surface area contributed by atoms with Crippen LogP contribution in [-0.4, -0.2) is 55.6 Å². The molecule has 1 aromatic rings. The van der Waals surface area contributed by atoms with Crippen LogP contribution in [0.1, 0.15) is 9.67 Å². The van der Waals surface area contributed by atoms with Gasteiger partial charge in [-0.2, -0.15) is 0 Å². The first kappa shape index (κ1) is 13.1. The lowest BCUT2D eigenvalue weighted by Gasteiger charge is -2.31. The number of thiazole rings is 1. The second kappa shape index (κ2) is 5.11. The van der Waals surface area contributed by atoms with Gasteiger partial charge in [0.05, 0.1) is 13.7 Å². The Morgan fingerprint density at radius 2 is 2.22 bits per heavy atom. The van der Waals surface area contributed by atoms with Crippen molar-refractivity contribution in [2.24, 2.45) is 0 Å². The maximum atomic E-state index is 11.6. The molecule has 1 fully saturated rings. The van der Waals surface area contributed by atoms with Crippen LogP contribution < -0.4 is 4.90 Å². The van der Waals surface area contributed by atoms with Crippen LogP contribution in [0.4, 0.5) is 5.13 Å². The van der Waals surface area contributed by atoms with Crippen LogP contribution in [0.3, 0.4) is 0 Å².